The highest BCUT2D eigenvalue weighted by Crippen LogP contribution is 2.15. The van der Waals surface area contributed by atoms with E-state index >= 15 is 0 Å². The Bertz CT molecular complexity index is 870. The number of methoxy groups -OCH3 is 1. The summed E-state index contributed by atoms with van der Waals surface area (Å²) < 4.78 is 5.21. The lowest BCUT2D eigenvalue weighted by atomic mass is 10.1. The zero-order valence-electron chi connectivity index (χ0n) is 14.6. The van der Waals surface area contributed by atoms with Gasteiger partial charge in [-0.15, -0.1) is 0 Å². The highest BCUT2D eigenvalue weighted by molar-refractivity contribution is 5.81. The molecule has 0 saturated heterocycles. The summed E-state index contributed by atoms with van der Waals surface area (Å²) in [4.78, 5) is 19.9. The maximum absolute atomic E-state index is 12.2. The Kier molecular flexibility index (Phi) is 5.33. The minimum absolute atomic E-state index is 0.0254. The second-order valence-corrected chi connectivity index (χ2v) is 6.02. The molecule has 3 aromatic rings. The van der Waals surface area contributed by atoms with E-state index in [1.807, 2.05) is 42.5 Å². The van der Waals surface area contributed by atoms with Gasteiger partial charge in [-0.3, -0.25) is 4.79 Å². The van der Waals surface area contributed by atoms with E-state index in [1.165, 1.54) is 0 Å². The predicted octanol–water partition coefficient (Wildman–Crippen LogP) is 3.04. The Balaban J connectivity index is 1.53. The number of ether oxygens (including phenoxy) is 1. The molecular weight excluding hydrogens is 314 g/mol. The maximum Gasteiger partial charge on any atom is 0.224 e. The van der Waals surface area contributed by atoms with Gasteiger partial charge in [-0.2, -0.15) is 0 Å². The summed E-state index contributed by atoms with van der Waals surface area (Å²) in [7, 11) is 1.65. The molecule has 3 rings (SSSR count). The summed E-state index contributed by atoms with van der Waals surface area (Å²) in [6, 6.07) is 13.8. The molecule has 25 heavy (non-hydrogen) atoms. The molecule has 5 nitrogen and oxygen atoms in total. The third kappa shape index (κ3) is 4.38. The number of amides is 1. The molecule has 0 aliphatic heterocycles. The molecule has 0 aliphatic carbocycles. The van der Waals surface area contributed by atoms with Gasteiger partial charge in [0, 0.05) is 13.0 Å². The third-order valence-electron chi connectivity index (χ3n) is 4.16. The largest absolute Gasteiger partial charge is 0.497 e. The van der Waals surface area contributed by atoms with Gasteiger partial charge < -0.3 is 15.0 Å². The molecule has 0 spiro atoms. The summed E-state index contributed by atoms with van der Waals surface area (Å²) in [5, 5.41) is 2.98. The number of hydrogen-bond acceptors (Lipinski definition) is 3. The molecule has 0 unspecified atom stereocenters. The first-order valence-electron chi connectivity index (χ1n) is 8.55. The first-order chi connectivity index (χ1) is 12.2. The first kappa shape index (κ1) is 17.0. The van der Waals surface area contributed by atoms with Crippen LogP contribution in [0.1, 0.15) is 23.9 Å². The van der Waals surface area contributed by atoms with Crippen molar-refractivity contribution in [3.8, 4) is 5.75 Å². The summed E-state index contributed by atoms with van der Waals surface area (Å²) in [5.41, 5.74) is 4.06. The number of carbonyl (C=O) groups excluding carboxylic acids is 1. The fourth-order valence-electron chi connectivity index (χ4n) is 2.81. The van der Waals surface area contributed by atoms with E-state index in [1.54, 1.807) is 7.11 Å². The van der Waals surface area contributed by atoms with Crippen molar-refractivity contribution in [3.63, 3.8) is 0 Å². The topological polar surface area (TPSA) is 67.0 Å². The van der Waals surface area contributed by atoms with Crippen LogP contribution in [0.15, 0.2) is 42.5 Å². The summed E-state index contributed by atoms with van der Waals surface area (Å²) >= 11 is 0. The second kappa shape index (κ2) is 7.83. The molecule has 0 atom stereocenters. The van der Waals surface area contributed by atoms with Crippen molar-refractivity contribution < 1.29 is 9.53 Å². The molecule has 1 aromatic heterocycles. The van der Waals surface area contributed by atoms with Crippen LogP contribution in [0, 0.1) is 0 Å². The summed E-state index contributed by atoms with van der Waals surface area (Å²) in [6.07, 6.45) is 2.02. The number of H-pyrrole nitrogens is 1. The lowest BCUT2D eigenvalue weighted by molar-refractivity contribution is -0.120. The van der Waals surface area contributed by atoms with Gasteiger partial charge in [0.15, 0.2) is 0 Å². The molecule has 0 saturated carbocycles. The smallest absolute Gasteiger partial charge is 0.224 e. The molecule has 2 aromatic carbocycles. The molecular formula is C20H23N3O2. The fourth-order valence-corrected chi connectivity index (χ4v) is 2.81. The van der Waals surface area contributed by atoms with Gasteiger partial charge >= 0.3 is 0 Å². The van der Waals surface area contributed by atoms with Crippen molar-refractivity contribution in [2.24, 2.45) is 0 Å². The van der Waals surface area contributed by atoms with Crippen molar-refractivity contribution in [2.45, 2.75) is 26.2 Å². The number of aromatic nitrogens is 2. The molecule has 0 aliphatic rings. The van der Waals surface area contributed by atoms with Crippen LogP contribution >= 0.6 is 0 Å². The number of aryl methyl sites for hydroxylation is 1. The van der Waals surface area contributed by atoms with Gasteiger partial charge in [-0.05, 0) is 41.8 Å². The zero-order valence-corrected chi connectivity index (χ0v) is 14.6. The number of fused-ring (bicyclic) bond motifs is 1. The monoisotopic (exact) mass is 337 g/mol. The number of nitrogens with zero attached hydrogens (tertiary/aromatic N) is 1. The fraction of sp³-hybridized carbons (Fsp3) is 0.300. The Morgan fingerprint density at radius 3 is 2.88 bits per heavy atom. The SMILES string of the molecule is CCc1nc2ccc(CC(=O)NCCc3cccc(OC)c3)cc2[nH]1. The van der Waals surface area contributed by atoms with Crippen LogP contribution in [0.5, 0.6) is 5.75 Å². The number of rotatable bonds is 7. The van der Waals surface area contributed by atoms with Crippen molar-refractivity contribution in [3.05, 3.63) is 59.4 Å². The van der Waals surface area contributed by atoms with Crippen LogP contribution in [0.2, 0.25) is 0 Å². The lowest BCUT2D eigenvalue weighted by Gasteiger charge is -2.07. The number of carbonyl (C=O) groups is 1. The molecule has 5 heteroatoms. The predicted molar refractivity (Wildman–Crippen MR) is 98.9 cm³/mol. The Morgan fingerprint density at radius 2 is 2.08 bits per heavy atom. The Morgan fingerprint density at radius 1 is 1.20 bits per heavy atom. The van der Waals surface area contributed by atoms with E-state index in [4.69, 9.17) is 4.74 Å². The van der Waals surface area contributed by atoms with E-state index in [9.17, 15) is 4.79 Å². The summed E-state index contributed by atoms with van der Waals surface area (Å²) in [6.45, 7) is 2.67. The van der Waals surface area contributed by atoms with Crippen LogP contribution < -0.4 is 10.1 Å². The summed E-state index contributed by atoms with van der Waals surface area (Å²) in [5.74, 6) is 1.83. The van der Waals surface area contributed by atoms with Crippen molar-refractivity contribution in [1.82, 2.24) is 15.3 Å². The minimum atomic E-state index is 0.0254. The van der Waals surface area contributed by atoms with Crippen LogP contribution in [-0.2, 0) is 24.1 Å². The molecule has 130 valence electrons. The number of benzene rings is 2. The van der Waals surface area contributed by atoms with Gasteiger partial charge in [-0.1, -0.05) is 25.1 Å². The number of imidazole rings is 1. The van der Waals surface area contributed by atoms with Crippen LogP contribution in [0.4, 0.5) is 0 Å². The van der Waals surface area contributed by atoms with Crippen molar-refractivity contribution in [1.29, 1.82) is 0 Å². The molecule has 2 N–H and O–H groups in total. The molecule has 0 fully saturated rings. The van der Waals surface area contributed by atoms with Gasteiger partial charge in [-0.25, -0.2) is 4.98 Å². The van der Waals surface area contributed by atoms with Gasteiger partial charge in [0.1, 0.15) is 11.6 Å². The Hall–Kier alpha value is -2.82. The minimum Gasteiger partial charge on any atom is -0.497 e. The average Bonchev–Trinajstić information content (AvgIpc) is 3.04. The molecule has 1 amide bonds. The number of nitrogens with one attached hydrogen (secondary N) is 2. The third-order valence-corrected chi connectivity index (χ3v) is 4.16. The van der Waals surface area contributed by atoms with Crippen LogP contribution in [0.3, 0.4) is 0 Å². The van der Waals surface area contributed by atoms with Crippen molar-refractivity contribution >= 4 is 16.9 Å². The highest BCUT2D eigenvalue weighted by Gasteiger charge is 2.07. The number of hydrogen-bond donors (Lipinski definition) is 2. The average molecular weight is 337 g/mol. The van der Waals surface area contributed by atoms with Gasteiger partial charge in [0.05, 0.1) is 24.6 Å². The lowest BCUT2D eigenvalue weighted by Crippen LogP contribution is -2.27. The Labute approximate surface area is 147 Å². The van der Waals surface area contributed by atoms with Gasteiger partial charge in [0.2, 0.25) is 5.91 Å². The highest BCUT2D eigenvalue weighted by atomic mass is 16.5. The van der Waals surface area contributed by atoms with E-state index in [2.05, 4.69) is 22.2 Å². The first-order valence-corrected chi connectivity index (χ1v) is 8.55. The van der Waals surface area contributed by atoms with Crippen molar-refractivity contribution in [2.75, 3.05) is 13.7 Å². The molecule has 0 radical (unpaired) electrons. The zero-order chi connectivity index (χ0) is 17.6. The molecule has 1 heterocycles. The number of aromatic amines is 1. The van der Waals surface area contributed by atoms with Crippen LogP contribution in [0.25, 0.3) is 11.0 Å². The molecule has 0 bridgehead atoms. The normalized spacial score (nSPS) is 10.8. The van der Waals surface area contributed by atoms with E-state index in [-0.39, 0.29) is 5.91 Å². The maximum atomic E-state index is 12.2. The van der Waals surface area contributed by atoms with Crippen LogP contribution in [-0.4, -0.2) is 29.5 Å². The van der Waals surface area contributed by atoms with E-state index in [0.717, 1.165) is 46.6 Å². The standard InChI is InChI=1S/C20H23N3O2/c1-3-19-22-17-8-7-15(12-18(17)23-19)13-20(24)21-10-9-14-5-4-6-16(11-14)25-2/h4-8,11-12H,3,9-10,13H2,1-2H3,(H,21,24)(H,22,23). The van der Waals surface area contributed by atoms with E-state index < -0.39 is 0 Å². The van der Waals surface area contributed by atoms with E-state index in [0.29, 0.717) is 13.0 Å². The quantitative estimate of drug-likeness (QED) is 0.696. The van der Waals surface area contributed by atoms with Gasteiger partial charge in [0.25, 0.3) is 0 Å². The second-order valence-electron chi connectivity index (χ2n) is 6.02.